The zero-order valence-electron chi connectivity index (χ0n) is 20.5. The van der Waals surface area contributed by atoms with E-state index in [-0.39, 0.29) is 29.8 Å². The Morgan fingerprint density at radius 1 is 0.921 bits per heavy atom. The number of aliphatic hydroxyl groups excluding tert-OH is 7. The van der Waals surface area contributed by atoms with Crippen molar-refractivity contribution < 1.29 is 59.5 Å². The summed E-state index contributed by atoms with van der Waals surface area (Å²) in [5.41, 5.74) is 0. The maximum Gasteiger partial charge on any atom is 0.315 e. The summed E-state index contributed by atoms with van der Waals surface area (Å²) in [4.78, 5) is 24.0. The molecule has 218 valence electrons. The van der Waals surface area contributed by atoms with Gasteiger partial charge in [-0.05, 0) is 12.8 Å². The van der Waals surface area contributed by atoms with Crippen molar-refractivity contribution in [1.82, 2.24) is 16.0 Å². The Labute approximate surface area is 222 Å². The van der Waals surface area contributed by atoms with Gasteiger partial charge in [-0.2, -0.15) is 11.8 Å². The molecule has 0 aliphatic carbocycles. The van der Waals surface area contributed by atoms with Crippen molar-refractivity contribution in [3.8, 4) is 0 Å². The van der Waals surface area contributed by atoms with Gasteiger partial charge in [0.05, 0.1) is 31.3 Å². The van der Waals surface area contributed by atoms with E-state index in [1.165, 1.54) is 0 Å². The van der Waals surface area contributed by atoms with Crippen LogP contribution in [0.5, 0.6) is 0 Å². The molecule has 16 heteroatoms. The Kier molecular flexibility index (Phi) is 10.1. The van der Waals surface area contributed by atoms with Gasteiger partial charge in [-0.1, -0.05) is 6.42 Å². The maximum atomic E-state index is 12.6. The van der Waals surface area contributed by atoms with Gasteiger partial charge in [-0.25, -0.2) is 4.79 Å². The minimum Gasteiger partial charge on any atom is -0.394 e. The number of carbonyl (C=O) groups is 2. The summed E-state index contributed by atoms with van der Waals surface area (Å²) in [6.07, 6.45) is -11.9. The predicted molar refractivity (Wildman–Crippen MR) is 129 cm³/mol. The SMILES string of the molecule is O=C(CCCC[C@@H]1SC[C@@H]2NC(=O)N[C@@H]21)N[C@@H]1C(CO)O[C@H](O[C@H]2O[C@H](CO)[C@@H](O)C(O)C2O)C(O)[C@H]1O. The molecule has 4 aliphatic heterocycles. The van der Waals surface area contributed by atoms with E-state index in [0.717, 1.165) is 18.6 Å². The Balaban J connectivity index is 1.24. The molecule has 0 aromatic heterocycles. The van der Waals surface area contributed by atoms with Crippen molar-refractivity contribution in [2.75, 3.05) is 19.0 Å². The van der Waals surface area contributed by atoms with Crippen molar-refractivity contribution >= 4 is 23.7 Å². The van der Waals surface area contributed by atoms with Crippen molar-refractivity contribution in [2.24, 2.45) is 0 Å². The molecule has 4 saturated heterocycles. The van der Waals surface area contributed by atoms with Crippen LogP contribution in [0.15, 0.2) is 0 Å². The van der Waals surface area contributed by atoms with Gasteiger partial charge < -0.3 is 65.9 Å². The number of hydrogen-bond donors (Lipinski definition) is 10. The molecule has 0 radical (unpaired) electrons. The minimum absolute atomic E-state index is 0.0841. The van der Waals surface area contributed by atoms with Crippen molar-refractivity contribution in [3.05, 3.63) is 0 Å². The van der Waals surface area contributed by atoms with Crippen LogP contribution < -0.4 is 16.0 Å². The van der Waals surface area contributed by atoms with Crippen LogP contribution in [0, 0.1) is 0 Å². The van der Waals surface area contributed by atoms with Crippen molar-refractivity contribution in [2.45, 2.75) is 104 Å². The number of amides is 3. The Bertz CT molecular complexity index is 824. The van der Waals surface area contributed by atoms with Crippen LogP contribution in [0.2, 0.25) is 0 Å². The summed E-state index contributed by atoms with van der Waals surface area (Å²) >= 11 is 1.78. The van der Waals surface area contributed by atoms with Crippen LogP contribution in [0.4, 0.5) is 4.79 Å². The molecule has 4 unspecified atom stereocenters. The molecular formula is C22H37N3O12S. The lowest BCUT2D eigenvalue weighted by molar-refractivity contribution is -0.369. The summed E-state index contributed by atoms with van der Waals surface area (Å²) in [6, 6.07) is -1.10. The van der Waals surface area contributed by atoms with Crippen molar-refractivity contribution in [3.63, 3.8) is 0 Å². The first-order valence-electron chi connectivity index (χ1n) is 12.7. The largest absolute Gasteiger partial charge is 0.394 e. The maximum absolute atomic E-state index is 12.6. The molecule has 4 fully saturated rings. The van der Waals surface area contributed by atoms with Crippen LogP contribution in [0.3, 0.4) is 0 Å². The van der Waals surface area contributed by atoms with E-state index in [4.69, 9.17) is 14.2 Å². The molecule has 4 rings (SSSR count). The summed E-state index contributed by atoms with van der Waals surface area (Å²) < 4.78 is 16.1. The normalized spacial score (nSPS) is 44.8. The van der Waals surface area contributed by atoms with Crippen LogP contribution in [0.25, 0.3) is 0 Å². The number of aliphatic hydroxyl groups is 7. The quantitative estimate of drug-likeness (QED) is 0.0885. The predicted octanol–water partition coefficient (Wildman–Crippen LogP) is -4.55. The highest BCUT2D eigenvalue weighted by atomic mass is 32.2. The third-order valence-electron chi connectivity index (χ3n) is 7.41. The van der Waals surface area contributed by atoms with Crippen LogP contribution in [-0.4, -0.2) is 145 Å². The van der Waals surface area contributed by atoms with E-state index in [0.29, 0.717) is 6.42 Å². The number of unbranched alkanes of at least 4 members (excludes halogenated alkanes) is 1. The number of nitrogens with one attached hydrogen (secondary N) is 3. The highest BCUT2D eigenvalue weighted by Crippen LogP contribution is 2.33. The lowest BCUT2D eigenvalue weighted by atomic mass is 9.95. The van der Waals surface area contributed by atoms with Crippen LogP contribution in [0.1, 0.15) is 25.7 Å². The second-order valence-corrected chi connectivity index (χ2v) is 11.3. The first kappa shape index (κ1) is 29.7. The van der Waals surface area contributed by atoms with Crippen molar-refractivity contribution in [1.29, 1.82) is 0 Å². The van der Waals surface area contributed by atoms with E-state index in [9.17, 15) is 45.3 Å². The Morgan fingerprint density at radius 2 is 1.58 bits per heavy atom. The first-order valence-corrected chi connectivity index (χ1v) is 13.8. The molecule has 0 saturated carbocycles. The lowest BCUT2D eigenvalue weighted by Crippen LogP contribution is -2.66. The van der Waals surface area contributed by atoms with Crippen LogP contribution >= 0.6 is 11.8 Å². The molecular weight excluding hydrogens is 530 g/mol. The molecule has 4 aliphatic rings. The molecule has 10 N–H and O–H groups in total. The number of urea groups is 1. The average Bonchev–Trinajstić information content (AvgIpc) is 3.45. The number of rotatable bonds is 10. The fourth-order valence-electron chi connectivity index (χ4n) is 5.22. The van der Waals surface area contributed by atoms with Gasteiger partial charge in [-0.15, -0.1) is 0 Å². The fraction of sp³-hybridized carbons (Fsp3) is 0.909. The molecule has 0 spiro atoms. The molecule has 15 nitrogen and oxygen atoms in total. The highest BCUT2D eigenvalue weighted by molar-refractivity contribution is 8.00. The van der Waals surface area contributed by atoms with E-state index in [1.54, 1.807) is 11.8 Å². The van der Waals surface area contributed by atoms with Gasteiger partial charge in [-0.3, -0.25) is 4.79 Å². The molecule has 4 heterocycles. The van der Waals surface area contributed by atoms with Gasteiger partial charge in [0, 0.05) is 17.4 Å². The number of ether oxygens (including phenoxy) is 3. The standard InChI is InChI=1S/C22H37N3O12S/c26-5-9-14(24-12(28)4-2-1-3-11-13-8(7-38-11)23-22(34)25-13)16(30)18(32)20(35-9)37-21-19(33)17(31)15(29)10(6-27)36-21/h8-11,13-21,26-27,29-33H,1-7H2,(H,24,28)(H2,23,25,34)/t8-,9?,10+,11-,13-,14+,15+,16-,17?,18?,19?,20+,21+/m0/s1. The molecule has 0 aromatic carbocycles. The smallest absolute Gasteiger partial charge is 0.315 e. The zero-order valence-corrected chi connectivity index (χ0v) is 21.4. The minimum atomic E-state index is -1.76. The molecule has 0 aromatic rings. The van der Waals surface area contributed by atoms with E-state index in [1.807, 2.05) is 0 Å². The molecule has 3 amide bonds. The summed E-state index contributed by atoms with van der Waals surface area (Å²) in [5.74, 6) is 0.435. The topological polar surface area (TPSA) is 240 Å². The average molecular weight is 568 g/mol. The monoisotopic (exact) mass is 567 g/mol. The summed E-state index contributed by atoms with van der Waals surface area (Å²) in [7, 11) is 0. The third-order valence-corrected chi connectivity index (χ3v) is 8.92. The highest BCUT2D eigenvalue weighted by Gasteiger charge is 2.50. The number of fused-ring (bicyclic) bond motifs is 1. The summed E-state index contributed by atoms with van der Waals surface area (Å²) in [5, 5.41) is 78.9. The van der Waals surface area contributed by atoms with Gasteiger partial charge in [0.2, 0.25) is 5.91 Å². The third kappa shape index (κ3) is 6.36. The van der Waals surface area contributed by atoms with Gasteiger partial charge in [0.1, 0.15) is 42.7 Å². The first-order chi connectivity index (χ1) is 18.1. The molecule has 38 heavy (non-hydrogen) atoms. The van der Waals surface area contributed by atoms with Gasteiger partial charge in [0.15, 0.2) is 12.6 Å². The number of carbonyl (C=O) groups excluding carboxylic acids is 2. The molecule has 0 bridgehead atoms. The van der Waals surface area contributed by atoms with Crippen LogP contribution in [-0.2, 0) is 19.0 Å². The van der Waals surface area contributed by atoms with E-state index < -0.39 is 80.5 Å². The summed E-state index contributed by atoms with van der Waals surface area (Å²) in [6.45, 7) is -1.34. The molecule has 13 atom stereocenters. The lowest BCUT2D eigenvalue weighted by Gasteiger charge is -2.45. The Morgan fingerprint density at radius 3 is 2.26 bits per heavy atom. The number of hydrogen-bond acceptors (Lipinski definition) is 13. The van der Waals surface area contributed by atoms with Gasteiger partial charge in [0.25, 0.3) is 0 Å². The van der Waals surface area contributed by atoms with Gasteiger partial charge >= 0.3 is 6.03 Å². The van der Waals surface area contributed by atoms with E-state index >= 15 is 0 Å². The fourth-order valence-corrected chi connectivity index (χ4v) is 6.77. The van der Waals surface area contributed by atoms with E-state index in [2.05, 4.69) is 16.0 Å². The second kappa shape index (κ2) is 12.9. The Hall–Kier alpha value is -1.31. The zero-order chi connectivity index (χ0) is 27.6. The number of thioether (sulfide) groups is 1. The second-order valence-electron chi connectivity index (χ2n) is 10.0.